The van der Waals surface area contributed by atoms with Gasteiger partial charge in [0.05, 0.1) is 18.2 Å². The van der Waals surface area contributed by atoms with Gasteiger partial charge in [-0.2, -0.15) is 0 Å². The highest BCUT2D eigenvalue weighted by atomic mass is 35.5. The number of hydrogen-bond donors (Lipinski definition) is 3. The van der Waals surface area contributed by atoms with E-state index >= 15 is 0 Å². The molecule has 3 aromatic rings. The van der Waals surface area contributed by atoms with Crippen molar-refractivity contribution in [1.82, 2.24) is 14.9 Å². The number of fused-ring (bicyclic) bond motifs is 1. The Kier molecular flexibility index (Phi) is 4.70. The van der Waals surface area contributed by atoms with Gasteiger partial charge in [-0.15, -0.1) is 0 Å². The average molecular weight is 417 g/mol. The van der Waals surface area contributed by atoms with Gasteiger partial charge >= 0.3 is 11.7 Å². The summed E-state index contributed by atoms with van der Waals surface area (Å²) < 4.78 is 1.31. The van der Waals surface area contributed by atoms with Gasteiger partial charge < -0.3 is 5.32 Å². The van der Waals surface area contributed by atoms with E-state index in [9.17, 15) is 14.4 Å². The predicted octanol–water partition coefficient (Wildman–Crippen LogP) is 3.12. The Hall–Kier alpha value is -3.03. The molecule has 9 heteroatoms. The van der Waals surface area contributed by atoms with Crippen molar-refractivity contribution in [3.8, 4) is 0 Å². The minimum absolute atomic E-state index is 0.113. The largest absolute Gasteiger partial charge is 0.330 e. The summed E-state index contributed by atoms with van der Waals surface area (Å²) in [4.78, 5) is 39.8. The molecule has 4 rings (SSSR count). The normalized spacial score (nSPS) is 15.5. The van der Waals surface area contributed by atoms with Crippen molar-refractivity contribution >= 4 is 35.1 Å². The van der Waals surface area contributed by atoms with Crippen LogP contribution in [-0.4, -0.2) is 15.6 Å². The number of carbonyl (C=O) groups is 1. The van der Waals surface area contributed by atoms with Crippen LogP contribution in [0.3, 0.4) is 0 Å². The molecule has 142 valence electrons. The Balaban J connectivity index is 1.94. The first kappa shape index (κ1) is 18.3. The van der Waals surface area contributed by atoms with E-state index in [0.29, 0.717) is 15.6 Å². The molecule has 1 aromatic heterocycles. The van der Waals surface area contributed by atoms with Gasteiger partial charge in [-0.3, -0.25) is 19.7 Å². The number of rotatable bonds is 3. The SMILES string of the molecule is O=C1Nc2c(c(=O)[nH]c(=O)n2Cc2ccccc2)C(c2c(Cl)cccc2Cl)N1. The van der Waals surface area contributed by atoms with Crippen LogP contribution in [0.25, 0.3) is 0 Å². The third kappa shape index (κ3) is 3.19. The monoisotopic (exact) mass is 416 g/mol. The van der Waals surface area contributed by atoms with E-state index in [2.05, 4.69) is 15.6 Å². The number of aromatic nitrogens is 2. The summed E-state index contributed by atoms with van der Waals surface area (Å²) in [5.41, 5.74) is 0.123. The van der Waals surface area contributed by atoms with Crippen LogP contribution in [0.5, 0.6) is 0 Å². The lowest BCUT2D eigenvalue weighted by Gasteiger charge is -2.29. The second kappa shape index (κ2) is 7.18. The minimum Gasteiger partial charge on any atom is -0.326 e. The van der Waals surface area contributed by atoms with Gasteiger partial charge in [-0.25, -0.2) is 9.59 Å². The number of aromatic amines is 1. The molecule has 0 aliphatic carbocycles. The van der Waals surface area contributed by atoms with Gasteiger partial charge in [0.1, 0.15) is 5.82 Å². The summed E-state index contributed by atoms with van der Waals surface area (Å²) in [6.45, 7) is 0.169. The number of nitrogens with one attached hydrogen (secondary N) is 3. The number of urea groups is 1. The quantitative estimate of drug-likeness (QED) is 0.611. The van der Waals surface area contributed by atoms with Crippen molar-refractivity contribution < 1.29 is 4.79 Å². The van der Waals surface area contributed by atoms with E-state index in [1.165, 1.54) is 4.57 Å². The van der Waals surface area contributed by atoms with Crippen LogP contribution in [0, 0.1) is 0 Å². The second-order valence-electron chi connectivity index (χ2n) is 6.26. The lowest BCUT2D eigenvalue weighted by molar-refractivity contribution is 0.248. The Bertz CT molecular complexity index is 1170. The van der Waals surface area contributed by atoms with Gasteiger partial charge in [0.25, 0.3) is 5.56 Å². The lowest BCUT2D eigenvalue weighted by atomic mass is 9.98. The molecule has 7 nitrogen and oxygen atoms in total. The molecule has 1 atom stereocenters. The van der Waals surface area contributed by atoms with Crippen molar-refractivity contribution in [2.45, 2.75) is 12.6 Å². The lowest BCUT2D eigenvalue weighted by Crippen LogP contribution is -2.47. The van der Waals surface area contributed by atoms with Gasteiger partial charge in [-0.1, -0.05) is 59.6 Å². The molecule has 0 saturated carbocycles. The smallest absolute Gasteiger partial charge is 0.326 e. The summed E-state index contributed by atoms with van der Waals surface area (Å²) in [6, 6.07) is 12.6. The van der Waals surface area contributed by atoms with Crippen LogP contribution >= 0.6 is 23.2 Å². The molecule has 28 heavy (non-hydrogen) atoms. The Morgan fingerprint density at radius 3 is 2.25 bits per heavy atom. The number of H-pyrrole nitrogens is 1. The molecular formula is C19H14Cl2N4O3. The highest BCUT2D eigenvalue weighted by Crippen LogP contribution is 2.36. The van der Waals surface area contributed by atoms with E-state index < -0.39 is 23.3 Å². The number of nitrogens with zero attached hydrogens (tertiary/aromatic N) is 1. The molecule has 0 spiro atoms. The maximum Gasteiger partial charge on any atom is 0.330 e. The fourth-order valence-corrected chi connectivity index (χ4v) is 3.87. The van der Waals surface area contributed by atoms with E-state index in [1.54, 1.807) is 18.2 Å². The van der Waals surface area contributed by atoms with E-state index in [1.807, 2.05) is 30.3 Å². The van der Waals surface area contributed by atoms with Crippen LogP contribution in [0.1, 0.15) is 22.7 Å². The summed E-state index contributed by atoms with van der Waals surface area (Å²) in [5, 5.41) is 5.84. The summed E-state index contributed by atoms with van der Waals surface area (Å²) in [5.74, 6) is 0.113. The van der Waals surface area contributed by atoms with Crippen LogP contribution in [0.4, 0.5) is 10.6 Å². The molecule has 0 fully saturated rings. The first-order valence-corrected chi connectivity index (χ1v) is 9.13. The number of amides is 2. The Morgan fingerprint density at radius 2 is 1.57 bits per heavy atom. The van der Waals surface area contributed by atoms with E-state index in [0.717, 1.165) is 5.56 Å². The van der Waals surface area contributed by atoms with Gasteiger partial charge in [0.15, 0.2) is 0 Å². The first-order valence-electron chi connectivity index (χ1n) is 8.38. The second-order valence-corrected chi connectivity index (χ2v) is 7.07. The number of anilines is 1. The highest BCUT2D eigenvalue weighted by molar-refractivity contribution is 6.36. The maximum absolute atomic E-state index is 12.7. The Morgan fingerprint density at radius 1 is 0.893 bits per heavy atom. The summed E-state index contributed by atoms with van der Waals surface area (Å²) in [6.07, 6.45) is 0. The number of hydrogen-bond acceptors (Lipinski definition) is 3. The van der Waals surface area contributed by atoms with E-state index in [4.69, 9.17) is 23.2 Å². The molecule has 1 aliphatic rings. The third-order valence-electron chi connectivity index (χ3n) is 4.50. The average Bonchev–Trinajstić information content (AvgIpc) is 2.65. The fraction of sp³-hybridized carbons (Fsp3) is 0.105. The van der Waals surface area contributed by atoms with Crippen molar-refractivity contribution in [3.05, 3.63) is 96.1 Å². The molecule has 1 unspecified atom stereocenters. The molecule has 2 heterocycles. The molecule has 2 aromatic carbocycles. The van der Waals surface area contributed by atoms with Crippen molar-refractivity contribution in [2.24, 2.45) is 0 Å². The number of benzene rings is 2. The molecule has 0 radical (unpaired) electrons. The molecule has 0 bridgehead atoms. The van der Waals surface area contributed by atoms with Crippen molar-refractivity contribution in [2.75, 3.05) is 5.32 Å². The van der Waals surface area contributed by atoms with Crippen molar-refractivity contribution in [1.29, 1.82) is 0 Å². The standard InChI is InChI=1S/C19H14Cl2N4O3/c20-11-7-4-8-12(21)13(11)15-14-16(23-18(27)22-15)25(19(28)24-17(14)26)9-10-5-2-1-3-6-10/h1-8,15H,9H2,(H2,22,23,27)(H,24,26,28). The first-order chi connectivity index (χ1) is 13.5. The van der Waals surface area contributed by atoms with Gasteiger partial charge in [-0.05, 0) is 17.7 Å². The van der Waals surface area contributed by atoms with Gasteiger partial charge in [0.2, 0.25) is 0 Å². The van der Waals surface area contributed by atoms with Crippen LogP contribution in [0.2, 0.25) is 10.0 Å². The van der Waals surface area contributed by atoms with Crippen LogP contribution in [0.15, 0.2) is 58.1 Å². The predicted molar refractivity (Wildman–Crippen MR) is 107 cm³/mol. The Labute approximate surface area is 168 Å². The highest BCUT2D eigenvalue weighted by Gasteiger charge is 2.33. The van der Waals surface area contributed by atoms with Crippen molar-refractivity contribution in [3.63, 3.8) is 0 Å². The zero-order valence-electron chi connectivity index (χ0n) is 14.3. The summed E-state index contributed by atoms with van der Waals surface area (Å²) >= 11 is 12.6. The van der Waals surface area contributed by atoms with Gasteiger partial charge in [0, 0.05) is 15.6 Å². The molecule has 1 aliphatic heterocycles. The zero-order valence-corrected chi connectivity index (χ0v) is 15.8. The number of carbonyl (C=O) groups excluding carboxylic acids is 1. The maximum atomic E-state index is 12.7. The topological polar surface area (TPSA) is 96.0 Å². The molecular weight excluding hydrogens is 403 g/mol. The summed E-state index contributed by atoms with van der Waals surface area (Å²) in [7, 11) is 0. The minimum atomic E-state index is -0.906. The van der Waals surface area contributed by atoms with E-state index in [-0.39, 0.29) is 17.9 Å². The third-order valence-corrected chi connectivity index (χ3v) is 5.16. The van der Waals surface area contributed by atoms with Crippen LogP contribution < -0.4 is 21.9 Å². The van der Waals surface area contributed by atoms with Crippen LogP contribution in [-0.2, 0) is 6.54 Å². The molecule has 2 amide bonds. The molecule has 3 N–H and O–H groups in total. The number of halogens is 2. The zero-order chi connectivity index (χ0) is 19.8. The fourth-order valence-electron chi connectivity index (χ4n) is 3.26. The molecule has 0 saturated heterocycles.